The first-order chi connectivity index (χ1) is 11.9. The smallest absolute Gasteiger partial charge is 0.0838 e. The van der Waals surface area contributed by atoms with E-state index < -0.39 is 0 Å². The van der Waals surface area contributed by atoms with Crippen molar-refractivity contribution >= 4 is 0 Å². The summed E-state index contributed by atoms with van der Waals surface area (Å²) in [6.07, 6.45) is 13.2. The van der Waals surface area contributed by atoms with Gasteiger partial charge in [-0.25, -0.2) is 0 Å². The highest BCUT2D eigenvalue weighted by atomic mass is 16.6. The zero-order valence-electron chi connectivity index (χ0n) is 16.5. The zero-order valence-corrected chi connectivity index (χ0v) is 16.5. The van der Waals surface area contributed by atoms with Gasteiger partial charge in [-0.15, -0.1) is 0 Å². The Bertz CT molecular complexity index is 526. The summed E-state index contributed by atoms with van der Waals surface area (Å²) in [4.78, 5) is 0. The van der Waals surface area contributed by atoms with Gasteiger partial charge in [0.15, 0.2) is 0 Å². The van der Waals surface area contributed by atoms with Crippen LogP contribution in [0.15, 0.2) is 0 Å². The summed E-state index contributed by atoms with van der Waals surface area (Å²) >= 11 is 0. The van der Waals surface area contributed by atoms with Crippen molar-refractivity contribution in [1.29, 1.82) is 0 Å². The van der Waals surface area contributed by atoms with Crippen molar-refractivity contribution in [3.05, 3.63) is 0 Å². The number of epoxide rings is 1. The minimum absolute atomic E-state index is 0.118. The highest BCUT2D eigenvalue weighted by Gasteiger charge is 2.61. The van der Waals surface area contributed by atoms with Crippen molar-refractivity contribution in [1.82, 2.24) is 0 Å². The van der Waals surface area contributed by atoms with Crippen LogP contribution in [0.2, 0.25) is 0 Å². The van der Waals surface area contributed by atoms with Gasteiger partial charge >= 0.3 is 0 Å². The van der Waals surface area contributed by atoms with E-state index in [1.54, 1.807) is 0 Å². The number of fused-ring (bicyclic) bond motifs is 5. The van der Waals surface area contributed by atoms with Crippen LogP contribution >= 0.6 is 0 Å². The Labute approximate surface area is 154 Å². The molecule has 0 spiro atoms. The third-order valence-corrected chi connectivity index (χ3v) is 10.2. The molecule has 1 saturated heterocycles. The van der Waals surface area contributed by atoms with Crippen LogP contribution in [-0.2, 0) is 4.74 Å². The van der Waals surface area contributed by atoms with Gasteiger partial charge in [-0.05, 0) is 111 Å². The molecule has 4 saturated carbocycles. The van der Waals surface area contributed by atoms with Crippen molar-refractivity contribution < 1.29 is 9.84 Å². The second kappa shape index (κ2) is 5.71. The molecule has 1 heterocycles. The topological polar surface area (TPSA) is 32.8 Å². The van der Waals surface area contributed by atoms with Crippen LogP contribution in [0.25, 0.3) is 0 Å². The van der Waals surface area contributed by atoms with E-state index in [0.717, 1.165) is 36.2 Å². The van der Waals surface area contributed by atoms with Crippen LogP contribution in [0.4, 0.5) is 0 Å². The largest absolute Gasteiger partial charge is 0.393 e. The normalized spacial score (nSPS) is 58.8. The van der Waals surface area contributed by atoms with E-state index >= 15 is 0 Å². The van der Waals surface area contributed by atoms with E-state index in [9.17, 15) is 5.11 Å². The quantitative estimate of drug-likeness (QED) is 0.710. The number of aliphatic hydroxyl groups is 1. The van der Waals surface area contributed by atoms with Gasteiger partial charge in [0.05, 0.1) is 18.8 Å². The molecule has 1 N–H and O–H groups in total. The van der Waals surface area contributed by atoms with E-state index in [-0.39, 0.29) is 6.10 Å². The maximum atomic E-state index is 10.4. The van der Waals surface area contributed by atoms with Crippen molar-refractivity contribution in [3.8, 4) is 0 Å². The minimum atomic E-state index is -0.118. The Morgan fingerprint density at radius 3 is 2.36 bits per heavy atom. The summed E-state index contributed by atoms with van der Waals surface area (Å²) in [5.74, 6) is 5.15. The van der Waals surface area contributed by atoms with Crippen molar-refractivity contribution in [2.24, 2.45) is 46.3 Å². The molecule has 4 aliphatic carbocycles. The maximum absolute atomic E-state index is 10.4. The van der Waals surface area contributed by atoms with Gasteiger partial charge < -0.3 is 9.84 Å². The van der Waals surface area contributed by atoms with Crippen LogP contribution < -0.4 is 0 Å². The average molecular weight is 347 g/mol. The SMILES string of the molecule is CC(O)C1CCC2C3CCC4CC([C@@H]5CO5)CCC4(C)C3CCC12C. The van der Waals surface area contributed by atoms with Gasteiger partial charge in [0.2, 0.25) is 0 Å². The summed E-state index contributed by atoms with van der Waals surface area (Å²) in [7, 11) is 0. The van der Waals surface area contributed by atoms with Gasteiger partial charge in [-0.1, -0.05) is 13.8 Å². The molecular formula is C23H38O2. The van der Waals surface area contributed by atoms with Gasteiger partial charge in [0.25, 0.3) is 0 Å². The predicted octanol–water partition coefficient (Wildman–Crippen LogP) is 5.04. The Balaban J connectivity index is 1.38. The van der Waals surface area contributed by atoms with E-state index in [4.69, 9.17) is 4.74 Å². The number of ether oxygens (including phenoxy) is 1. The first-order valence-electron chi connectivity index (χ1n) is 11.2. The van der Waals surface area contributed by atoms with Crippen LogP contribution in [0.1, 0.15) is 78.6 Å². The van der Waals surface area contributed by atoms with Crippen molar-refractivity contribution in [2.45, 2.75) is 90.8 Å². The van der Waals surface area contributed by atoms with Crippen LogP contribution in [0, 0.1) is 46.3 Å². The fraction of sp³-hybridized carbons (Fsp3) is 1.00. The van der Waals surface area contributed by atoms with E-state index in [2.05, 4.69) is 13.8 Å². The van der Waals surface area contributed by atoms with Crippen LogP contribution in [0.5, 0.6) is 0 Å². The Morgan fingerprint density at radius 1 is 0.920 bits per heavy atom. The lowest BCUT2D eigenvalue weighted by Crippen LogP contribution is -2.54. The number of rotatable bonds is 2. The molecule has 0 radical (unpaired) electrons. The number of hydrogen-bond acceptors (Lipinski definition) is 2. The molecule has 142 valence electrons. The monoisotopic (exact) mass is 346 g/mol. The summed E-state index contributed by atoms with van der Waals surface area (Å²) in [5, 5.41) is 10.4. The minimum Gasteiger partial charge on any atom is -0.393 e. The van der Waals surface area contributed by atoms with Gasteiger partial charge in [0.1, 0.15) is 0 Å². The van der Waals surface area contributed by atoms with Crippen molar-refractivity contribution in [2.75, 3.05) is 6.61 Å². The average Bonchev–Trinajstić information content (AvgIpc) is 3.35. The standard InChI is InChI=1S/C23H38O2/c1-14(24)18-6-7-19-17-5-4-16-12-15(21-13-25-21)8-10-22(16,2)20(17)9-11-23(18,19)3/h14-21,24H,4-13H2,1-3H3/t14?,15?,16?,17?,18?,19?,20?,21-,22?,23?/m0/s1. The molecule has 5 aliphatic rings. The highest BCUT2D eigenvalue weighted by molar-refractivity contribution is 5.10. The van der Waals surface area contributed by atoms with Gasteiger partial charge in [-0.2, -0.15) is 0 Å². The van der Waals surface area contributed by atoms with E-state index in [1.807, 2.05) is 6.92 Å². The lowest BCUT2D eigenvalue weighted by molar-refractivity contribution is -0.125. The molecule has 25 heavy (non-hydrogen) atoms. The Kier molecular flexibility index (Phi) is 3.89. The first-order valence-corrected chi connectivity index (χ1v) is 11.2. The molecular weight excluding hydrogens is 308 g/mol. The third kappa shape index (κ3) is 2.42. The lowest BCUT2D eigenvalue weighted by Gasteiger charge is -2.61. The third-order valence-electron chi connectivity index (χ3n) is 10.2. The van der Waals surface area contributed by atoms with E-state index in [1.165, 1.54) is 57.8 Å². The van der Waals surface area contributed by atoms with Crippen LogP contribution in [-0.4, -0.2) is 23.9 Å². The van der Waals surface area contributed by atoms with Gasteiger partial charge in [-0.3, -0.25) is 0 Å². The summed E-state index contributed by atoms with van der Waals surface area (Å²) in [6.45, 7) is 8.29. The molecule has 1 aliphatic heterocycles. The highest BCUT2D eigenvalue weighted by Crippen LogP contribution is 2.68. The second-order valence-corrected chi connectivity index (χ2v) is 11.0. The molecule has 0 amide bonds. The second-order valence-electron chi connectivity index (χ2n) is 11.0. The lowest BCUT2D eigenvalue weighted by atomic mass is 9.44. The molecule has 0 aromatic carbocycles. The molecule has 0 bridgehead atoms. The van der Waals surface area contributed by atoms with Gasteiger partial charge in [0, 0.05) is 0 Å². The van der Waals surface area contributed by atoms with E-state index in [0.29, 0.717) is 22.9 Å². The molecule has 5 rings (SSSR count). The Morgan fingerprint density at radius 2 is 1.64 bits per heavy atom. The molecule has 0 aromatic rings. The summed E-state index contributed by atoms with van der Waals surface area (Å²) < 4.78 is 5.65. The Hall–Kier alpha value is -0.0800. The zero-order chi connectivity index (χ0) is 17.4. The molecule has 5 fully saturated rings. The summed E-state index contributed by atoms with van der Waals surface area (Å²) in [5.41, 5.74) is 1.01. The number of hydrogen-bond donors (Lipinski definition) is 1. The summed E-state index contributed by atoms with van der Waals surface area (Å²) in [6, 6.07) is 0. The number of aliphatic hydroxyl groups excluding tert-OH is 1. The molecule has 9 unspecified atom stereocenters. The maximum Gasteiger partial charge on any atom is 0.0838 e. The predicted molar refractivity (Wildman–Crippen MR) is 100 cm³/mol. The fourth-order valence-electron chi connectivity index (χ4n) is 8.79. The first kappa shape index (κ1) is 17.0. The fourth-order valence-corrected chi connectivity index (χ4v) is 8.79. The van der Waals surface area contributed by atoms with Crippen molar-refractivity contribution in [3.63, 3.8) is 0 Å². The molecule has 2 nitrogen and oxygen atoms in total. The molecule has 10 atom stereocenters. The van der Waals surface area contributed by atoms with Crippen LogP contribution in [0.3, 0.4) is 0 Å². The molecule has 0 aromatic heterocycles. The molecule has 2 heteroatoms.